The number of amidine groups is 1. The van der Waals surface area contributed by atoms with E-state index in [-0.39, 0.29) is 0 Å². The minimum atomic E-state index is -1.42. The quantitative estimate of drug-likeness (QED) is 0.405. The lowest BCUT2D eigenvalue weighted by Gasteiger charge is -2.38. The normalized spacial score (nSPS) is 21.5. The van der Waals surface area contributed by atoms with Crippen LogP contribution in [0.25, 0.3) is 11.1 Å². The summed E-state index contributed by atoms with van der Waals surface area (Å²) in [5.41, 5.74) is 2.92. The SMILES string of the molecule is CC(C)(C)N=C1[C@H](c2ccccc2Cl)C(C#N)(C#N)[C@H]2c3ccccc3-c3ccccc3N12. The molecule has 0 aromatic heterocycles. The van der Waals surface area contributed by atoms with E-state index in [1.54, 1.807) is 0 Å². The second kappa shape index (κ2) is 7.48. The molecule has 1 fully saturated rings. The van der Waals surface area contributed by atoms with Gasteiger partial charge in [0.05, 0.1) is 35.3 Å². The Morgan fingerprint density at radius 2 is 1.42 bits per heavy atom. The van der Waals surface area contributed by atoms with E-state index >= 15 is 0 Å². The first-order chi connectivity index (χ1) is 15.8. The maximum Gasteiger partial charge on any atom is 0.182 e. The molecule has 2 heterocycles. The van der Waals surface area contributed by atoms with Crippen molar-refractivity contribution in [2.24, 2.45) is 10.4 Å². The van der Waals surface area contributed by atoms with Gasteiger partial charge in [0.1, 0.15) is 5.84 Å². The molecule has 0 unspecified atom stereocenters. The first-order valence-electron chi connectivity index (χ1n) is 11.0. The number of aliphatic imine (C=N–C) groups is 1. The van der Waals surface area contributed by atoms with E-state index in [1.807, 2.05) is 81.4 Å². The highest BCUT2D eigenvalue weighted by molar-refractivity contribution is 6.32. The molecule has 3 aromatic rings. The summed E-state index contributed by atoms with van der Waals surface area (Å²) in [4.78, 5) is 7.25. The second-order valence-electron chi connectivity index (χ2n) is 9.56. The molecule has 5 rings (SSSR count). The molecule has 2 aliphatic heterocycles. The molecule has 1 saturated heterocycles. The summed E-state index contributed by atoms with van der Waals surface area (Å²) in [6, 6.07) is 28.0. The average Bonchev–Trinajstić information content (AvgIpc) is 3.09. The number of benzene rings is 3. The predicted molar refractivity (Wildman–Crippen MR) is 132 cm³/mol. The number of anilines is 1. The molecular formula is C28H23ClN4. The number of hydrogen-bond acceptors (Lipinski definition) is 3. The largest absolute Gasteiger partial charge is 0.319 e. The number of rotatable bonds is 1. The first-order valence-corrected chi connectivity index (χ1v) is 11.3. The van der Waals surface area contributed by atoms with Gasteiger partial charge in [-0.2, -0.15) is 10.5 Å². The third-order valence-electron chi connectivity index (χ3n) is 6.40. The Morgan fingerprint density at radius 1 is 0.848 bits per heavy atom. The molecule has 162 valence electrons. The van der Waals surface area contributed by atoms with E-state index in [1.165, 1.54) is 0 Å². The number of fused-ring (bicyclic) bond motifs is 6. The van der Waals surface area contributed by atoms with Crippen LogP contribution in [0.15, 0.2) is 77.8 Å². The van der Waals surface area contributed by atoms with Crippen molar-refractivity contribution in [3.8, 4) is 23.3 Å². The van der Waals surface area contributed by atoms with Crippen LogP contribution in [0, 0.1) is 28.1 Å². The average molecular weight is 451 g/mol. The van der Waals surface area contributed by atoms with Crippen molar-refractivity contribution >= 4 is 23.1 Å². The lowest BCUT2D eigenvalue weighted by molar-refractivity contribution is 0.437. The van der Waals surface area contributed by atoms with Crippen LogP contribution in [0.1, 0.15) is 43.9 Å². The fourth-order valence-corrected chi connectivity index (χ4v) is 5.45. The Balaban J connectivity index is 1.93. The molecule has 0 bridgehead atoms. The van der Waals surface area contributed by atoms with Gasteiger partial charge in [0.25, 0.3) is 0 Å². The Labute approximate surface area is 199 Å². The van der Waals surface area contributed by atoms with Crippen molar-refractivity contribution in [3.05, 3.63) is 88.9 Å². The molecule has 5 heteroatoms. The predicted octanol–water partition coefficient (Wildman–Crippen LogP) is 6.90. The van der Waals surface area contributed by atoms with Crippen molar-refractivity contribution in [2.45, 2.75) is 38.3 Å². The lowest BCUT2D eigenvalue weighted by Crippen LogP contribution is -2.36. The Kier molecular flexibility index (Phi) is 4.82. The Morgan fingerprint density at radius 3 is 2.06 bits per heavy atom. The van der Waals surface area contributed by atoms with Crippen LogP contribution < -0.4 is 4.90 Å². The van der Waals surface area contributed by atoms with Gasteiger partial charge >= 0.3 is 0 Å². The number of hydrogen-bond donors (Lipinski definition) is 0. The molecule has 2 aliphatic rings. The molecule has 0 N–H and O–H groups in total. The van der Waals surface area contributed by atoms with Gasteiger partial charge in [0.15, 0.2) is 5.41 Å². The monoisotopic (exact) mass is 450 g/mol. The van der Waals surface area contributed by atoms with E-state index in [4.69, 9.17) is 16.6 Å². The van der Waals surface area contributed by atoms with Gasteiger partial charge < -0.3 is 4.90 Å². The zero-order chi connectivity index (χ0) is 23.4. The van der Waals surface area contributed by atoms with Crippen molar-refractivity contribution in [2.75, 3.05) is 4.90 Å². The number of nitriles is 2. The van der Waals surface area contributed by atoms with Crippen LogP contribution in [-0.4, -0.2) is 11.4 Å². The molecule has 0 aliphatic carbocycles. The molecular weight excluding hydrogens is 428 g/mol. The van der Waals surface area contributed by atoms with Gasteiger partial charge in [-0.3, -0.25) is 4.99 Å². The fraction of sp³-hybridized carbons (Fsp3) is 0.250. The Bertz CT molecular complexity index is 1360. The van der Waals surface area contributed by atoms with E-state index in [0.29, 0.717) is 10.9 Å². The topological polar surface area (TPSA) is 63.2 Å². The third kappa shape index (κ3) is 3.06. The molecule has 3 aromatic carbocycles. The van der Waals surface area contributed by atoms with Gasteiger partial charge in [-0.1, -0.05) is 72.3 Å². The molecule has 0 radical (unpaired) electrons. The molecule has 0 amide bonds. The third-order valence-corrected chi connectivity index (χ3v) is 6.74. The summed E-state index contributed by atoms with van der Waals surface area (Å²) in [6.45, 7) is 6.09. The van der Waals surface area contributed by atoms with E-state index in [9.17, 15) is 10.5 Å². The van der Waals surface area contributed by atoms with Gasteiger partial charge in [-0.25, -0.2) is 0 Å². The van der Waals surface area contributed by atoms with E-state index in [0.717, 1.165) is 27.9 Å². The van der Waals surface area contributed by atoms with Crippen molar-refractivity contribution in [1.82, 2.24) is 0 Å². The number of para-hydroxylation sites is 1. The van der Waals surface area contributed by atoms with Crippen LogP contribution in [0.4, 0.5) is 5.69 Å². The number of halogens is 1. The highest BCUT2D eigenvalue weighted by atomic mass is 35.5. The van der Waals surface area contributed by atoms with Crippen molar-refractivity contribution in [3.63, 3.8) is 0 Å². The highest BCUT2D eigenvalue weighted by Crippen LogP contribution is 2.62. The van der Waals surface area contributed by atoms with Crippen molar-refractivity contribution < 1.29 is 0 Å². The minimum Gasteiger partial charge on any atom is -0.319 e. The van der Waals surface area contributed by atoms with Crippen LogP contribution >= 0.6 is 11.6 Å². The standard InChI is InChI=1S/C28H23ClN4/c1-27(2,3)32-26-24(21-13-6-8-14-22(21)29)28(16-30,17-31)25-20-12-5-4-10-18(20)19-11-7-9-15-23(19)33(25)26/h4-15,24-25H,1-3H3/t24-,25+/m0/s1. The zero-order valence-corrected chi connectivity index (χ0v) is 19.5. The highest BCUT2D eigenvalue weighted by Gasteiger charge is 2.63. The molecule has 2 atom stereocenters. The maximum atomic E-state index is 10.7. The zero-order valence-electron chi connectivity index (χ0n) is 18.7. The van der Waals surface area contributed by atoms with Gasteiger partial charge in [-0.05, 0) is 49.6 Å². The van der Waals surface area contributed by atoms with Gasteiger partial charge in [0.2, 0.25) is 0 Å². The second-order valence-corrected chi connectivity index (χ2v) is 9.97. The van der Waals surface area contributed by atoms with E-state index < -0.39 is 22.9 Å². The smallest absolute Gasteiger partial charge is 0.182 e. The maximum absolute atomic E-state index is 10.7. The van der Waals surface area contributed by atoms with Crippen LogP contribution in [0.3, 0.4) is 0 Å². The van der Waals surface area contributed by atoms with Crippen LogP contribution in [0.5, 0.6) is 0 Å². The van der Waals surface area contributed by atoms with Gasteiger partial charge in [0, 0.05) is 10.6 Å². The summed E-state index contributed by atoms with van der Waals surface area (Å²) in [7, 11) is 0. The summed E-state index contributed by atoms with van der Waals surface area (Å²) in [5, 5.41) is 21.9. The molecule has 33 heavy (non-hydrogen) atoms. The molecule has 0 spiro atoms. The fourth-order valence-electron chi connectivity index (χ4n) is 5.21. The summed E-state index contributed by atoms with van der Waals surface area (Å²) < 4.78 is 0. The van der Waals surface area contributed by atoms with Crippen LogP contribution in [-0.2, 0) is 0 Å². The summed E-state index contributed by atoms with van der Waals surface area (Å²) in [5.74, 6) is 0.0929. The summed E-state index contributed by atoms with van der Waals surface area (Å²) in [6.07, 6.45) is 0. The minimum absolute atomic E-state index is 0.424. The summed E-state index contributed by atoms with van der Waals surface area (Å²) >= 11 is 6.69. The first kappa shape index (κ1) is 21.3. The Hall–Kier alpha value is -3.60. The molecule has 4 nitrogen and oxygen atoms in total. The van der Waals surface area contributed by atoms with Gasteiger partial charge in [-0.15, -0.1) is 0 Å². The van der Waals surface area contributed by atoms with Crippen molar-refractivity contribution in [1.29, 1.82) is 10.5 Å². The van der Waals surface area contributed by atoms with E-state index in [2.05, 4.69) is 29.2 Å². The molecule has 0 saturated carbocycles. The number of nitrogens with zero attached hydrogens (tertiary/aromatic N) is 4. The lowest BCUT2D eigenvalue weighted by atomic mass is 9.68. The van der Waals surface area contributed by atoms with Crippen LogP contribution in [0.2, 0.25) is 5.02 Å².